The van der Waals surface area contributed by atoms with Crippen molar-refractivity contribution >= 4 is 28.4 Å². The molecule has 0 aliphatic heterocycles. The fourth-order valence-electron chi connectivity index (χ4n) is 3.89. The molecule has 3 aromatic carbocycles. The van der Waals surface area contributed by atoms with E-state index in [9.17, 15) is 18.7 Å². The second kappa shape index (κ2) is 9.06. The Balaban J connectivity index is 1.85. The van der Waals surface area contributed by atoms with Crippen molar-refractivity contribution in [1.82, 2.24) is 15.1 Å². The number of fused-ring (bicyclic) bond motifs is 1. The molecule has 1 aromatic heterocycles. The number of hydrogen-bond donors (Lipinski definition) is 2. The van der Waals surface area contributed by atoms with Gasteiger partial charge in [-0.1, -0.05) is 23.7 Å². The Morgan fingerprint density at radius 2 is 1.72 bits per heavy atom. The molecule has 2 N–H and O–H groups in total. The summed E-state index contributed by atoms with van der Waals surface area (Å²) in [6, 6.07) is 14.7. The topological polar surface area (TPSA) is 67.2 Å². The summed E-state index contributed by atoms with van der Waals surface area (Å²) in [6.45, 7) is 1.02. The summed E-state index contributed by atoms with van der Waals surface area (Å²) >= 11 is 6.69. The van der Waals surface area contributed by atoms with Crippen LogP contribution in [0.5, 0.6) is 0 Å². The second-order valence-corrected chi connectivity index (χ2v) is 7.89. The highest BCUT2D eigenvalue weighted by Gasteiger charge is 2.28. The largest absolute Gasteiger partial charge is 0.394 e. The molecule has 4 aromatic rings. The predicted molar refractivity (Wildman–Crippen MR) is 119 cm³/mol. The van der Waals surface area contributed by atoms with Gasteiger partial charge in [0.15, 0.2) is 0 Å². The van der Waals surface area contributed by atoms with Crippen molar-refractivity contribution in [3.05, 3.63) is 94.6 Å². The van der Waals surface area contributed by atoms with E-state index in [-0.39, 0.29) is 18.3 Å². The molecular weight excluding hydrogens is 436 g/mol. The summed E-state index contributed by atoms with van der Waals surface area (Å²) in [6.07, 6.45) is 1.66. The van der Waals surface area contributed by atoms with E-state index in [1.165, 1.54) is 31.2 Å². The summed E-state index contributed by atoms with van der Waals surface area (Å²) in [5.74, 6) is -1.58. The lowest BCUT2D eigenvalue weighted by atomic mass is 9.84. The molecule has 0 aliphatic carbocycles. The van der Waals surface area contributed by atoms with Gasteiger partial charge in [0, 0.05) is 23.3 Å². The molecule has 0 saturated carbocycles. The Morgan fingerprint density at radius 3 is 2.31 bits per heavy atom. The van der Waals surface area contributed by atoms with E-state index in [0.717, 1.165) is 5.39 Å². The fourth-order valence-corrected chi connectivity index (χ4v) is 4.16. The summed E-state index contributed by atoms with van der Waals surface area (Å²) in [5, 5.41) is 18.3. The molecule has 1 amide bonds. The summed E-state index contributed by atoms with van der Waals surface area (Å²) < 4.78 is 28.5. The second-order valence-electron chi connectivity index (χ2n) is 7.48. The summed E-state index contributed by atoms with van der Waals surface area (Å²) in [7, 11) is 0. The van der Waals surface area contributed by atoms with Crippen LogP contribution in [0.4, 0.5) is 8.78 Å². The van der Waals surface area contributed by atoms with Crippen molar-refractivity contribution in [3.8, 4) is 5.69 Å². The van der Waals surface area contributed by atoms with Crippen LogP contribution in [0.3, 0.4) is 0 Å². The highest BCUT2D eigenvalue weighted by Crippen LogP contribution is 2.36. The average molecular weight is 456 g/mol. The van der Waals surface area contributed by atoms with Crippen LogP contribution in [-0.2, 0) is 4.79 Å². The Labute approximate surface area is 188 Å². The van der Waals surface area contributed by atoms with Gasteiger partial charge in [0.1, 0.15) is 11.6 Å². The molecule has 1 heterocycles. The fraction of sp³-hybridized carbons (Fsp3) is 0.167. The Morgan fingerprint density at radius 1 is 1.09 bits per heavy atom. The zero-order valence-corrected chi connectivity index (χ0v) is 17.9. The number of hydrogen-bond acceptors (Lipinski definition) is 3. The van der Waals surface area contributed by atoms with Crippen LogP contribution in [0, 0.1) is 11.6 Å². The Kier molecular flexibility index (Phi) is 6.21. The molecule has 164 valence electrons. The lowest BCUT2D eigenvalue weighted by Crippen LogP contribution is -2.41. The van der Waals surface area contributed by atoms with E-state index in [0.29, 0.717) is 27.4 Å². The van der Waals surface area contributed by atoms with Crippen molar-refractivity contribution in [2.75, 3.05) is 6.61 Å². The van der Waals surface area contributed by atoms with Crippen molar-refractivity contribution in [2.45, 2.75) is 18.9 Å². The molecule has 4 rings (SSSR count). The molecule has 0 bridgehead atoms. The lowest BCUT2D eigenvalue weighted by Gasteiger charge is -2.28. The number of nitrogens with zero attached hydrogens (tertiary/aromatic N) is 2. The number of benzene rings is 3. The van der Waals surface area contributed by atoms with E-state index in [1.54, 1.807) is 41.2 Å². The van der Waals surface area contributed by atoms with E-state index in [2.05, 4.69) is 10.4 Å². The standard InChI is InChI=1S/C24H20ClF2N3O2/c1-14(32)29-22(13-31)24(15-2-4-17(26)5-3-15)20-10-16-12-28-30(23(16)11-21(20)25)19-8-6-18(27)7-9-19/h2-12,22,24,31H,13H2,1H3,(H,29,32)/t22-,24+/m0/s1. The van der Waals surface area contributed by atoms with Crippen molar-refractivity contribution < 1.29 is 18.7 Å². The highest BCUT2D eigenvalue weighted by molar-refractivity contribution is 6.32. The molecule has 8 heteroatoms. The van der Waals surface area contributed by atoms with Crippen molar-refractivity contribution in [2.24, 2.45) is 0 Å². The van der Waals surface area contributed by atoms with Crippen LogP contribution >= 0.6 is 11.6 Å². The minimum absolute atomic E-state index is 0.308. The van der Waals surface area contributed by atoms with Gasteiger partial charge in [-0.05, 0) is 59.7 Å². The van der Waals surface area contributed by atoms with Crippen molar-refractivity contribution in [3.63, 3.8) is 0 Å². The summed E-state index contributed by atoms with van der Waals surface area (Å²) in [5.41, 5.74) is 2.72. The van der Waals surface area contributed by atoms with Gasteiger partial charge in [0.2, 0.25) is 5.91 Å². The van der Waals surface area contributed by atoms with Crippen LogP contribution in [0.25, 0.3) is 16.6 Å². The first-order valence-electron chi connectivity index (χ1n) is 9.94. The number of aromatic nitrogens is 2. The van der Waals surface area contributed by atoms with Gasteiger partial charge in [-0.25, -0.2) is 13.5 Å². The van der Waals surface area contributed by atoms with Gasteiger partial charge in [-0.15, -0.1) is 0 Å². The number of halogens is 3. The van der Waals surface area contributed by atoms with E-state index >= 15 is 0 Å². The van der Waals surface area contributed by atoms with Gasteiger partial charge in [-0.3, -0.25) is 4.79 Å². The molecule has 2 atom stereocenters. The lowest BCUT2D eigenvalue weighted by molar-refractivity contribution is -0.120. The maximum atomic E-state index is 13.5. The molecule has 0 fully saturated rings. The van der Waals surface area contributed by atoms with Crippen LogP contribution in [0.1, 0.15) is 24.0 Å². The number of amides is 1. The molecule has 0 unspecified atom stereocenters. The van der Waals surface area contributed by atoms with Crippen LogP contribution in [0.2, 0.25) is 5.02 Å². The number of rotatable bonds is 6. The number of carbonyl (C=O) groups is 1. The van der Waals surface area contributed by atoms with Crippen molar-refractivity contribution in [1.29, 1.82) is 0 Å². The van der Waals surface area contributed by atoms with Gasteiger partial charge in [0.25, 0.3) is 0 Å². The highest BCUT2D eigenvalue weighted by atomic mass is 35.5. The zero-order valence-electron chi connectivity index (χ0n) is 17.1. The molecule has 0 radical (unpaired) electrons. The van der Waals surface area contributed by atoms with Gasteiger partial charge >= 0.3 is 0 Å². The Hall–Kier alpha value is -3.29. The average Bonchev–Trinajstić information content (AvgIpc) is 3.17. The number of aliphatic hydroxyl groups is 1. The first kappa shape index (κ1) is 21.9. The predicted octanol–water partition coefficient (Wildman–Crippen LogP) is 4.59. The van der Waals surface area contributed by atoms with Crippen LogP contribution in [-0.4, -0.2) is 33.4 Å². The van der Waals surface area contributed by atoms with E-state index < -0.39 is 17.8 Å². The molecule has 5 nitrogen and oxygen atoms in total. The normalized spacial score (nSPS) is 13.2. The van der Waals surface area contributed by atoms with Gasteiger partial charge in [-0.2, -0.15) is 5.10 Å². The molecular formula is C24H20ClF2N3O2. The number of nitrogens with one attached hydrogen (secondary N) is 1. The minimum atomic E-state index is -0.681. The first-order valence-corrected chi connectivity index (χ1v) is 10.3. The van der Waals surface area contributed by atoms with E-state index in [1.807, 2.05) is 6.07 Å². The minimum Gasteiger partial charge on any atom is -0.394 e. The number of carbonyl (C=O) groups excluding carboxylic acids is 1. The summed E-state index contributed by atoms with van der Waals surface area (Å²) in [4.78, 5) is 11.8. The third kappa shape index (κ3) is 4.35. The third-order valence-electron chi connectivity index (χ3n) is 5.31. The molecule has 32 heavy (non-hydrogen) atoms. The van der Waals surface area contributed by atoms with Gasteiger partial charge in [0.05, 0.1) is 30.0 Å². The maximum absolute atomic E-state index is 13.5. The first-order chi connectivity index (χ1) is 15.4. The molecule has 0 aliphatic rings. The van der Waals surface area contributed by atoms with Crippen LogP contribution < -0.4 is 5.32 Å². The Bertz CT molecular complexity index is 1260. The molecule has 0 saturated heterocycles. The maximum Gasteiger partial charge on any atom is 0.217 e. The third-order valence-corrected chi connectivity index (χ3v) is 5.64. The monoisotopic (exact) mass is 455 g/mol. The number of aliphatic hydroxyl groups excluding tert-OH is 1. The quantitative estimate of drug-likeness (QED) is 0.447. The SMILES string of the molecule is CC(=O)N[C@@H](CO)[C@H](c1ccc(F)cc1)c1cc2cnn(-c3ccc(F)cc3)c2cc1Cl. The van der Waals surface area contributed by atoms with E-state index in [4.69, 9.17) is 11.6 Å². The zero-order chi connectivity index (χ0) is 22.8. The van der Waals surface area contributed by atoms with Gasteiger partial charge < -0.3 is 10.4 Å². The molecule has 0 spiro atoms. The van der Waals surface area contributed by atoms with Crippen LogP contribution in [0.15, 0.2) is 66.9 Å². The smallest absolute Gasteiger partial charge is 0.217 e.